The van der Waals surface area contributed by atoms with E-state index in [0.717, 1.165) is 46.6 Å². The SMILES string of the molecule is C[C@H](c1cc(CCCN)c(-c2cnc(N)nc2)s1)N(C(=O)[C@H](O)CN)C1CC1. The normalized spacial score (nSPS) is 16.0. The topological polar surface area (TPSA) is 144 Å². The number of nitrogen functional groups attached to an aromatic ring is 1. The minimum absolute atomic E-state index is 0.0744. The van der Waals surface area contributed by atoms with E-state index >= 15 is 0 Å². The van der Waals surface area contributed by atoms with Crippen molar-refractivity contribution in [2.75, 3.05) is 18.8 Å². The molecule has 9 heteroatoms. The van der Waals surface area contributed by atoms with Crippen LogP contribution in [0.1, 0.15) is 42.7 Å². The van der Waals surface area contributed by atoms with E-state index in [0.29, 0.717) is 6.54 Å². The molecule has 1 aliphatic rings. The molecule has 1 aliphatic carbocycles. The van der Waals surface area contributed by atoms with Crippen LogP contribution in [-0.2, 0) is 11.2 Å². The highest BCUT2D eigenvalue weighted by molar-refractivity contribution is 7.15. The predicted octanol–water partition coefficient (Wildman–Crippen LogP) is 1.05. The highest BCUT2D eigenvalue weighted by Crippen LogP contribution is 2.41. The summed E-state index contributed by atoms with van der Waals surface area (Å²) in [5, 5.41) is 9.99. The molecular weight excluding hydrogens is 376 g/mol. The van der Waals surface area contributed by atoms with Gasteiger partial charge in [0.25, 0.3) is 5.91 Å². The van der Waals surface area contributed by atoms with Gasteiger partial charge in [0.1, 0.15) is 6.10 Å². The van der Waals surface area contributed by atoms with Crippen LogP contribution in [0.25, 0.3) is 10.4 Å². The Kier molecular flexibility index (Phi) is 6.61. The molecule has 0 unspecified atom stereocenters. The Labute approximate surface area is 168 Å². The van der Waals surface area contributed by atoms with E-state index in [4.69, 9.17) is 17.2 Å². The van der Waals surface area contributed by atoms with Gasteiger partial charge in [0.05, 0.1) is 6.04 Å². The van der Waals surface area contributed by atoms with Crippen molar-refractivity contribution in [1.29, 1.82) is 0 Å². The average Bonchev–Trinajstić information content (AvgIpc) is 3.44. The van der Waals surface area contributed by atoms with Crippen molar-refractivity contribution in [2.45, 2.75) is 50.8 Å². The van der Waals surface area contributed by atoms with Gasteiger partial charge in [-0.15, -0.1) is 11.3 Å². The Balaban J connectivity index is 1.93. The lowest BCUT2D eigenvalue weighted by Gasteiger charge is -2.30. The van der Waals surface area contributed by atoms with Crippen molar-refractivity contribution in [3.8, 4) is 10.4 Å². The maximum absolute atomic E-state index is 12.7. The first-order chi connectivity index (χ1) is 13.5. The predicted molar refractivity (Wildman–Crippen MR) is 110 cm³/mol. The molecule has 152 valence electrons. The number of amides is 1. The number of carbonyl (C=O) groups excluding carboxylic acids is 1. The molecule has 1 amide bonds. The van der Waals surface area contributed by atoms with E-state index in [-0.39, 0.29) is 30.5 Å². The number of thiophene rings is 1. The fourth-order valence-electron chi connectivity index (χ4n) is 3.28. The number of aliphatic hydroxyl groups excluding tert-OH is 1. The van der Waals surface area contributed by atoms with Crippen LogP contribution in [0.3, 0.4) is 0 Å². The molecule has 1 saturated carbocycles. The molecule has 8 nitrogen and oxygen atoms in total. The third-order valence-corrected chi connectivity index (χ3v) is 6.34. The van der Waals surface area contributed by atoms with Crippen molar-refractivity contribution in [3.63, 3.8) is 0 Å². The Morgan fingerprint density at radius 2 is 2.04 bits per heavy atom. The van der Waals surface area contributed by atoms with Crippen LogP contribution in [0.4, 0.5) is 5.95 Å². The van der Waals surface area contributed by atoms with E-state index in [1.54, 1.807) is 28.6 Å². The first-order valence-corrected chi connectivity index (χ1v) is 10.4. The number of aliphatic hydroxyl groups is 1. The van der Waals surface area contributed by atoms with E-state index in [2.05, 4.69) is 16.0 Å². The maximum Gasteiger partial charge on any atom is 0.253 e. The second-order valence-corrected chi connectivity index (χ2v) is 8.21. The van der Waals surface area contributed by atoms with Gasteiger partial charge in [0.2, 0.25) is 5.95 Å². The van der Waals surface area contributed by atoms with E-state index in [1.165, 1.54) is 0 Å². The van der Waals surface area contributed by atoms with Gasteiger partial charge in [-0.25, -0.2) is 9.97 Å². The molecule has 1 fully saturated rings. The molecule has 0 bridgehead atoms. The number of hydrogen-bond acceptors (Lipinski definition) is 8. The molecule has 2 aromatic heterocycles. The number of aryl methyl sites for hydroxylation is 1. The molecule has 2 aromatic rings. The molecule has 2 heterocycles. The summed E-state index contributed by atoms with van der Waals surface area (Å²) in [6.07, 6.45) is 5.89. The first kappa shape index (κ1) is 20.7. The summed E-state index contributed by atoms with van der Waals surface area (Å²) in [6, 6.07) is 2.15. The summed E-state index contributed by atoms with van der Waals surface area (Å²) in [5.41, 5.74) is 18.9. The van der Waals surface area contributed by atoms with Gasteiger partial charge in [-0.2, -0.15) is 0 Å². The Morgan fingerprint density at radius 1 is 1.36 bits per heavy atom. The van der Waals surface area contributed by atoms with E-state index in [9.17, 15) is 9.90 Å². The van der Waals surface area contributed by atoms with Crippen LogP contribution in [0.2, 0.25) is 0 Å². The average molecular weight is 405 g/mol. The lowest BCUT2D eigenvalue weighted by Crippen LogP contribution is -2.44. The largest absolute Gasteiger partial charge is 0.382 e. The van der Waals surface area contributed by atoms with Crippen molar-refractivity contribution in [2.24, 2.45) is 11.5 Å². The van der Waals surface area contributed by atoms with Gasteiger partial charge in [0, 0.05) is 40.3 Å². The fraction of sp³-hybridized carbons (Fsp3) is 0.526. The molecule has 0 aromatic carbocycles. The standard InChI is InChI=1S/C19H28N6O2S/c1-11(25(14-4-5-14)18(27)15(26)8-21)16-7-12(3-2-6-20)17(28-16)13-9-23-19(22)24-10-13/h7,9-11,14-15,26H,2-6,8,20-21H2,1H3,(H2,22,23,24)/t11-,15-/m1/s1. The zero-order valence-corrected chi connectivity index (χ0v) is 16.9. The van der Waals surface area contributed by atoms with Crippen molar-refractivity contribution >= 4 is 23.2 Å². The van der Waals surface area contributed by atoms with Gasteiger partial charge >= 0.3 is 0 Å². The summed E-state index contributed by atoms with van der Waals surface area (Å²) in [4.78, 5) is 24.8. The lowest BCUT2D eigenvalue weighted by molar-refractivity contribution is -0.142. The van der Waals surface area contributed by atoms with Crippen LogP contribution in [0.15, 0.2) is 18.5 Å². The number of rotatable bonds is 9. The van der Waals surface area contributed by atoms with Crippen LogP contribution in [0, 0.1) is 0 Å². The van der Waals surface area contributed by atoms with Crippen LogP contribution >= 0.6 is 11.3 Å². The Morgan fingerprint density at radius 3 is 2.61 bits per heavy atom. The summed E-state index contributed by atoms with van der Waals surface area (Å²) in [7, 11) is 0. The molecule has 0 aliphatic heterocycles. The van der Waals surface area contributed by atoms with Crippen LogP contribution in [0.5, 0.6) is 0 Å². The van der Waals surface area contributed by atoms with Gasteiger partial charge in [-0.3, -0.25) is 4.79 Å². The van der Waals surface area contributed by atoms with Crippen LogP contribution < -0.4 is 17.2 Å². The summed E-state index contributed by atoms with van der Waals surface area (Å²) in [6.45, 7) is 2.53. The Bertz CT molecular complexity index is 805. The molecule has 0 spiro atoms. The zero-order valence-electron chi connectivity index (χ0n) is 16.0. The minimum Gasteiger partial charge on any atom is -0.382 e. The quantitative estimate of drug-likeness (QED) is 0.489. The van der Waals surface area contributed by atoms with Crippen molar-refractivity contribution in [1.82, 2.24) is 14.9 Å². The van der Waals surface area contributed by atoms with Crippen molar-refractivity contribution in [3.05, 3.63) is 28.9 Å². The van der Waals surface area contributed by atoms with E-state index in [1.807, 2.05) is 6.92 Å². The van der Waals surface area contributed by atoms with Gasteiger partial charge < -0.3 is 27.2 Å². The molecule has 7 N–H and O–H groups in total. The molecule has 28 heavy (non-hydrogen) atoms. The molecular formula is C19H28N6O2S. The molecule has 2 atom stereocenters. The summed E-state index contributed by atoms with van der Waals surface area (Å²) < 4.78 is 0. The summed E-state index contributed by atoms with van der Waals surface area (Å²) in [5.74, 6) is -0.0644. The van der Waals surface area contributed by atoms with Crippen molar-refractivity contribution < 1.29 is 9.90 Å². The number of anilines is 1. The number of hydrogen-bond donors (Lipinski definition) is 4. The minimum atomic E-state index is -1.16. The van der Waals surface area contributed by atoms with Gasteiger partial charge in [-0.05, 0) is 50.8 Å². The number of nitrogens with two attached hydrogens (primary N) is 3. The van der Waals surface area contributed by atoms with Gasteiger partial charge in [-0.1, -0.05) is 0 Å². The Hall–Kier alpha value is -2.07. The third-order valence-electron chi connectivity index (χ3n) is 4.94. The van der Waals surface area contributed by atoms with Gasteiger partial charge in [0.15, 0.2) is 0 Å². The number of nitrogens with zero attached hydrogens (tertiary/aromatic N) is 3. The second kappa shape index (κ2) is 8.95. The number of carbonyl (C=O) groups is 1. The highest BCUT2D eigenvalue weighted by atomic mass is 32.1. The first-order valence-electron chi connectivity index (χ1n) is 9.57. The third kappa shape index (κ3) is 4.49. The monoisotopic (exact) mass is 404 g/mol. The van der Waals surface area contributed by atoms with Crippen LogP contribution in [-0.4, -0.2) is 51.1 Å². The molecule has 3 rings (SSSR count). The smallest absolute Gasteiger partial charge is 0.253 e. The summed E-state index contributed by atoms with van der Waals surface area (Å²) >= 11 is 1.62. The molecule has 0 saturated heterocycles. The zero-order chi connectivity index (χ0) is 20.3. The number of aromatic nitrogens is 2. The lowest BCUT2D eigenvalue weighted by atomic mass is 10.1. The maximum atomic E-state index is 12.7. The second-order valence-electron chi connectivity index (χ2n) is 7.13. The highest BCUT2D eigenvalue weighted by Gasteiger charge is 2.39. The molecule has 0 radical (unpaired) electrons. The fourth-order valence-corrected chi connectivity index (χ4v) is 4.52. The van der Waals surface area contributed by atoms with E-state index < -0.39 is 6.10 Å².